The van der Waals surface area contributed by atoms with Crippen LogP contribution < -0.4 is 0 Å². The van der Waals surface area contributed by atoms with Gasteiger partial charge in [-0.25, -0.2) is 0 Å². The van der Waals surface area contributed by atoms with Gasteiger partial charge in [0.05, 0.1) is 18.0 Å². The summed E-state index contributed by atoms with van der Waals surface area (Å²) in [4.78, 5) is 13.5. The average Bonchev–Trinajstić information content (AvgIpc) is 2.56. The van der Waals surface area contributed by atoms with E-state index in [1.54, 1.807) is 7.05 Å². The van der Waals surface area contributed by atoms with Gasteiger partial charge in [0.1, 0.15) is 0 Å². The van der Waals surface area contributed by atoms with Gasteiger partial charge in [-0.05, 0) is 19.4 Å². The molecular formula is C13H19N4O-. The van der Waals surface area contributed by atoms with E-state index in [0.29, 0.717) is 12.3 Å². The van der Waals surface area contributed by atoms with E-state index in [1.807, 2.05) is 0 Å². The molecule has 1 unspecified atom stereocenters. The standard InChI is InChI=1S/C13H19N4O/c1-17-11(18)13(7-8-14,16-12(17)15)9-10-5-3-2-4-6-10/h10H,2-7,9H2,1H3,(H-,15,16)/q-1. The van der Waals surface area contributed by atoms with Gasteiger partial charge in [-0.3, -0.25) is 4.79 Å². The molecule has 2 rings (SSSR count). The monoisotopic (exact) mass is 247 g/mol. The third-order valence-electron chi connectivity index (χ3n) is 4.06. The average molecular weight is 247 g/mol. The Bertz CT molecular complexity index is 394. The third kappa shape index (κ3) is 2.20. The summed E-state index contributed by atoms with van der Waals surface area (Å²) >= 11 is 0. The van der Waals surface area contributed by atoms with Crippen LogP contribution in [0.1, 0.15) is 44.9 Å². The Morgan fingerprint density at radius 3 is 2.67 bits per heavy atom. The number of carbonyl (C=O) groups excluding carboxylic acids is 1. The maximum absolute atomic E-state index is 12.2. The van der Waals surface area contributed by atoms with Gasteiger partial charge in [0.2, 0.25) is 0 Å². The quantitative estimate of drug-likeness (QED) is 0.830. The van der Waals surface area contributed by atoms with E-state index in [2.05, 4.69) is 11.4 Å². The van der Waals surface area contributed by atoms with Crippen LogP contribution in [0, 0.1) is 22.7 Å². The van der Waals surface area contributed by atoms with E-state index in [0.717, 1.165) is 12.8 Å². The van der Waals surface area contributed by atoms with Crippen LogP contribution in [0.4, 0.5) is 0 Å². The smallest absolute Gasteiger partial charge is 0.187 e. The zero-order valence-electron chi connectivity index (χ0n) is 10.8. The summed E-state index contributed by atoms with van der Waals surface area (Å²) in [5.74, 6) is 0.282. The highest BCUT2D eigenvalue weighted by molar-refractivity contribution is 6.16. The van der Waals surface area contributed by atoms with Crippen molar-refractivity contribution in [1.82, 2.24) is 4.90 Å². The number of nitrogens with one attached hydrogen (secondary N) is 1. The van der Waals surface area contributed by atoms with Crippen LogP contribution in [0.15, 0.2) is 0 Å². The van der Waals surface area contributed by atoms with Gasteiger partial charge in [-0.15, -0.1) is 0 Å². The summed E-state index contributed by atoms with van der Waals surface area (Å²) in [6, 6.07) is 2.07. The van der Waals surface area contributed by atoms with Gasteiger partial charge >= 0.3 is 0 Å². The van der Waals surface area contributed by atoms with E-state index in [4.69, 9.17) is 10.7 Å². The fourth-order valence-corrected chi connectivity index (χ4v) is 3.05. The molecule has 0 aromatic rings. The largest absolute Gasteiger partial charge is 0.411 e. The number of rotatable bonds is 3. The summed E-state index contributed by atoms with van der Waals surface area (Å²) in [5.41, 5.74) is -0.970. The maximum Gasteiger partial charge on any atom is 0.187 e. The Balaban J connectivity index is 2.14. The highest BCUT2D eigenvalue weighted by atomic mass is 16.2. The first-order valence-electron chi connectivity index (χ1n) is 6.55. The second kappa shape index (κ2) is 4.97. The summed E-state index contributed by atoms with van der Waals surface area (Å²) in [6.45, 7) is 0. The van der Waals surface area contributed by atoms with Crippen molar-refractivity contribution in [3.05, 3.63) is 5.32 Å². The molecule has 1 atom stereocenters. The van der Waals surface area contributed by atoms with Crippen LogP contribution >= 0.6 is 0 Å². The maximum atomic E-state index is 12.2. The number of nitriles is 1. The number of hydrogen-bond donors (Lipinski definition) is 1. The topological polar surface area (TPSA) is 82.1 Å². The second-order valence-electron chi connectivity index (χ2n) is 5.37. The lowest BCUT2D eigenvalue weighted by molar-refractivity contribution is -0.129. The van der Waals surface area contributed by atoms with Crippen molar-refractivity contribution in [1.29, 1.82) is 10.7 Å². The Morgan fingerprint density at radius 2 is 2.17 bits per heavy atom. The Kier molecular flexibility index (Phi) is 3.55. The molecule has 1 amide bonds. The van der Waals surface area contributed by atoms with Crippen molar-refractivity contribution in [2.24, 2.45) is 5.92 Å². The first-order chi connectivity index (χ1) is 8.59. The molecule has 0 spiro atoms. The van der Waals surface area contributed by atoms with Gasteiger partial charge in [-0.2, -0.15) is 5.26 Å². The number of amides is 1. The molecule has 1 aliphatic heterocycles. The molecule has 18 heavy (non-hydrogen) atoms. The molecular weight excluding hydrogens is 228 g/mol. The van der Waals surface area contributed by atoms with E-state index in [-0.39, 0.29) is 18.3 Å². The summed E-state index contributed by atoms with van der Waals surface area (Å²) in [7, 11) is 1.56. The van der Waals surface area contributed by atoms with Gasteiger partial charge in [0.15, 0.2) is 5.91 Å². The van der Waals surface area contributed by atoms with Gasteiger partial charge in [-0.1, -0.05) is 32.1 Å². The highest BCUT2D eigenvalue weighted by Gasteiger charge is 2.43. The zero-order chi connectivity index (χ0) is 13.2. The van der Waals surface area contributed by atoms with Gasteiger partial charge in [0.25, 0.3) is 0 Å². The van der Waals surface area contributed by atoms with Gasteiger partial charge in [0, 0.05) is 5.96 Å². The molecule has 0 aromatic heterocycles. The highest BCUT2D eigenvalue weighted by Crippen LogP contribution is 2.40. The molecule has 1 aliphatic carbocycles. The van der Waals surface area contributed by atoms with E-state index in [9.17, 15) is 4.79 Å². The summed E-state index contributed by atoms with van der Waals surface area (Å²) < 4.78 is 0. The molecule has 1 saturated heterocycles. The first kappa shape index (κ1) is 12.9. The molecule has 0 aromatic carbocycles. The molecule has 5 heteroatoms. The third-order valence-corrected chi connectivity index (χ3v) is 4.06. The normalized spacial score (nSPS) is 29.2. The lowest BCUT2D eigenvalue weighted by Crippen LogP contribution is -2.40. The minimum absolute atomic E-state index is 0.00828. The number of likely N-dealkylation sites (N-methyl/N-ethyl adjacent to an activating group) is 1. The Hall–Kier alpha value is -1.57. The Labute approximate surface area is 108 Å². The minimum atomic E-state index is -0.970. The summed E-state index contributed by atoms with van der Waals surface area (Å²) in [6.07, 6.45) is 6.63. The van der Waals surface area contributed by atoms with E-state index >= 15 is 0 Å². The molecule has 1 heterocycles. The fourth-order valence-electron chi connectivity index (χ4n) is 3.05. The molecule has 2 aliphatic rings. The second-order valence-corrected chi connectivity index (χ2v) is 5.37. The Morgan fingerprint density at radius 1 is 1.50 bits per heavy atom. The lowest BCUT2D eigenvalue weighted by Gasteiger charge is -2.33. The van der Waals surface area contributed by atoms with E-state index in [1.165, 1.54) is 24.2 Å². The minimum Gasteiger partial charge on any atom is -0.411 e. The first-order valence-corrected chi connectivity index (χ1v) is 6.55. The van der Waals surface area contributed by atoms with Crippen molar-refractivity contribution in [3.63, 3.8) is 0 Å². The molecule has 0 radical (unpaired) electrons. The molecule has 2 fully saturated rings. The van der Waals surface area contributed by atoms with Crippen LogP contribution in [0.2, 0.25) is 0 Å². The molecule has 0 bridgehead atoms. The van der Waals surface area contributed by atoms with Crippen LogP contribution in [-0.4, -0.2) is 29.4 Å². The van der Waals surface area contributed by atoms with Crippen molar-refractivity contribution in [3.8, 4) is 6.07 Å². The van der Waals surface area contributed by atoms with Gasteiger partial charge < -0.3 is 15.6 Å². The number of hydrogen-bond acceptors (Lipinski definition) is 3. The van der Waals surface area contributed by atoms with Crippen LogP contribution in [0.25, 0.3) is 5.32 Å². The fraction of sp³-hybridized carbons (Fsp3) is 0.769. The molecule has 1 saturated carbocycles. The molecule has 98 valence electrons. The molecule has 5 nitrogen and oxygen atoms in total. The number of carbonyl (C=O) groups is 1. The van der Waals surface area contributed by atoms with Crippen molar-refractivity contribution in [2.45, 2.75) is 50.5 Å². The van der Waals surface area contributed by atoms with E-state index < -0.39 is 5.54 Å². The SMILES string of the molecule is CN1C(=N)[N-]C(CC#N)(CC2CCCCC2)C1=O. The predicted octanol–water partition coefficient (Wildman–Crippen LogP) is 2.39. The molecule has 1 N–H and O–H groups in total. The zero-order valence-corrected chi connectivity index (χ0v) is 10.8. The predicted molar refractivity (Wildman–Crippen MR) is 68.0 cm³/mol. The number of nitrogens with zero attached hydrogens (tertiary/aromatic N) is 3. The van der Waals surface area contributed by atoms with Crippen LogP contribution in [-0.2, 0) is 4.79 Å². The van der Waals surface area contributed by atoms with Crippen LogP contribution in [0.3, 0.4) is 0 Å². The summed E-state index contributed by atoms with van der Waals surface area (Å²) in [5, 5.41) is 20.8. The lowest BCUT2D eigenvalue weighted by atomic mass is 9.78. The van der Waals surface area contributed by atoms with Crippen molar-refractivity contribution in [2.75, 3.05) is 7.05 Å². The van der Waals surface area contributed by atoms with Crippen LogP contribution in [0.5, 0.6) is 0 Å². The van der Waals surface area contributed by atoms with Crippen molar-refractivity contribution < 1.29 is 4.79 Å². The van der Waals surface area contributed by atoms with Crippen molar-refractivity contribution >= 4 is 11.9 Å². The number of guanidine groups is 1.